The van der Waals surface area contributed by atoms with Crippen molar-refractivity contribution in [3.63, 3.8) is 0 Å². The zero-order valence-electron chi connectivity index (χ0n) is 10.2. The summed E-state index contributed by atoms with van der Waals surface area (Å²) >= 11 is 5.89. The zero-order chi connectivity index (χ0) is 13.8. The maximum absolute atomic E-state index is 11.6. The van der Waals surface area contributed by atoms with Crippen molar-refractivity contribution in [1.29, 1.82) is 0 Å². The van der Waals surface area contributed by atoms with E-state index in [0.29, 0.717) is 17.2 Å². The van der Waals surface area contributed by atoms with Crippen molar-refractivity contribution in [3.8, 4) is 5.75 Å². The van der Waals surface area contributed by atoms with Crippen molar-refractivity contribution in [2.24, 2.45) is 0 Å². The van der Waals surface area contributed by atoms with Crippen LogP contribution < -0.4 is 4.74 Å². The number of ketones is 2. The number of aliphatic hydroxyl groups is 1. The Balaban J connectivity index is 2.12. The van der Waals surface area contributed by atoms with Gasteiger partial charge in [0, 0.05) is 12.8 Å². The molecular weight excluding hydrogens is 268 g/mol. The molecule has 0 bridgehead atoms. The Bertz CT molecular complexity index is 530. The number of para-hydroxylation sites is 1. The Kier molecular flexibility index (Phi) is 4.22. The average molecular weight is 281 g/mol. The zero-order valence-corrected chi connectivity index (χ0v) is 10.9. The minimum Gasteiger partial charge on any atom is -0.508 e. The summed E-state index contributed by atoms with van der Waals surface area (Å²) in [6, 6.07) is 6.78. The monoisotopic (exact) mass is 280 g/mol. The molecule has 0 spiro atoms. The van der Waals surface area contributed by atoms with Gasteiger partial charge >= 0.3 is 0 Å². The summed E-state index contributed by atoms with van der Waals surface area (Å²) in [4.78, 5) is 23.2. The van der Waals surface area contributed by atoms with Gasteiger partial charge in [-0.2, -0.15) is 0 Å². The molecule has 0 atom stereocenters. The van der Waals surface area contributed by atoms with Crippen LogP contribution >= 0.6 is 11.6 Å². The van der Waals surface area contributed by atoms with Crippen LogP contribution in [0, 0.1) is 0 Å². The van der Waals surface area contributed by atoms with Crippen LogP contribution in [-0.4, -0.2) is 23.3 Å². The van der Waals surface area contributed by atoms with Gasteiger partial charge in [-0.15, -0.1) is 0 Å². The number of rotatable bonds is 3. The van der Waals surface area contributed by atoms with E-state index < -0.39 is 0 Å². The van der Waals surface area contributed by atoms with Crippen molar-refractivity contribution in [1.82, 2.24) is 0 Å². The van der Waals surface area contributed by atoms with E-state index in [1.54, 1.807) is 24.3 Å². The predicted octanol–water partition coefficient (Wildman–Crippen LogP) is 2.85. The molecule has 1 aliphatic carbocycles. The molecule has 1 saturated carbocycles. The summed E-state index contributed by atoms with van der Waals surface area (Å²) in [7, 11) is 0. The van der Waals surface area contributed by atoms with Gasteiger partial charge in [0.05, 0.1) is 5.02 Å². The number of benzene rings is 1. The Hall–Kier alpha value is -1.81. The molecule has 0 aliphatic heterocycles. The van der Waals surface area contributed by atoms with Gasteiger partial charge < -0.3 is 9.84 Å². The van der Waals surface area contributed by atoms with Crippen molar-refractivity contribution < 1.29 is 19.4 Å². The predicted molar refractivity (Wildman–Crippen MR) is 70.5 cm³/mol. The van der Waals surface area contributed by atoms with Crippen LogP contribution in [0.1, 0.15) is 19.3 Å². The summed E-state index contributed by atoms with van der Waals surface area (Å²) in [5.41, 5.74) is -0.127. The second kappa shape index (κ2) is 5.89. The summed E-state index contributed by atoms with van der Waals surface area (Å²) in [6.45, 7) is -0.240. The fourth-order valence-electron chi connectivity index (χ4n) is 1.92. The van der Waals surface area contributed by atoms with Crippen molar-refractivity contribution in [3.05, 3.63) is 40.6 Å². The van der Waals surface area contributed by atoms with E-state index in [1.807, 2.05) is 0 Å². The first-order valence-corrected chi connectivity index (χ1v) is 6.33. The Morgan fingerprint density at radius 1 is 1.21 bits per heavy atom. The molecule has 100 valence electrons. The van der Waals surface area contributed by atoms with Crippen LogP contribution in [0.2, 0.25) is 5.02 Å². The number of halogens is 1. The highest BCUT2D eigenvalue weighted by molar-refractivity contribution is 6.32. The highest BCUT2D eigenvalue weighted by Crippen LogP contribution is 2.24. The largest absolute Gasteiger partial charge is 0.508 e. The second-order valence-corrected chi connectivity index (χ2v) is 4.65. The van der Waals surface area contributed by atoms with Crippen LogP contribution in [0.3, 0.4) is 0 Å². The standard InChI is InChI=1S/C14H13ClO4/c15-9-4-1-2-7-13(9)19-8-12(18)14-10(16)5-3-6-11(14)17/h1-2,4,7,18H,3,5-6,8H2. The summed E-state index contributed by atoms with van der Waals surface area (Å²) in [5, 5.41) is 10.2. The van der Waals surface area contributed by atoms with E-state index in [9.17, 15) is 14.7 Å². The van der Waals surface area contributed by atoms with E-state index in [0.717, 1.165) is 0 Å². The molecule has 4 nitrogen and oxygen atoms in total. The maximum Gasteiger partial charge on any atom is 0.169 e. The molecular formula is C14H13ClO4. The number of aliphatic hydroxyl groups excluding tert-OH is 1. The summed E-state index contributed by atoms with van der Waals surface area (Å²) in [6.07, 6.45) is 1.12. The lowest BCUT2D eigenvalue weighted by Crippen LogP contribution is -2.22. The third kappa shape index (κ3) is 3.15. The van der Waals surface area contributed by atoms with Gasteiger partial charge in [0.2, 0.25) is 0 Å². The van der Waals surface area contributed by atoms with Crippen LogP contribution in [0.5, 0.6) is 5.75 Å². The van der Waals surface area contributed by atoms with Gasteiger partial charge in [-0.05, 0) is 18.6 Å². The molecule has 1 fully saturated rings. The van der Waals surface area contributed by atoms with Crippen LogP contribution in [0.15, 0.2) is 35.6 Å². The Labute approximate surface area is 115 Å². The smallest absolute Gasteiger partial charge is 0.169 e. The van der Waals surface area contributed by atoms with Gasteiger partial charge in [-0.25, -0.2) is 0 Å². The number of hydrogen-bond acceptors (Lipinski definition) is 4. The molecule has 0 saturated heterocycles. The molecule has 0 unspecified atom stereocenters. The lowest BCUT2D eigenvalue weighted by molar-refractivity contribution is -0.124. The Morgan fingerprint density at radius 3 is 2.47 bits per heavy atom. The quantitative estimate of drug-likeness (QED) is 0.525. The molecule has 0 aromatic heterocycles. The van der Waals surface area contributed by atoms with Gasteiger partial charge in [0.15, 0.2) is 11.6 Å². The van der Waals surface area contributed by atoms with Crippen molar-refractivity contribution in [2.45, 2.75) is 19.3 Å². The molecule has 1 aromatic rings. The second-order valence-electron chi connectivity index (χ2n) is 4.24. The highest BCUT2D eigenvalue weighted by Gasteiger charge is 2.27. The number of Topliss-reactive ketones (excluding diaryl/α,β-unsaturated/α-hetero) is 2. The summed E-state index contributed by atoms with van der Waals surface area (Å²) < 4.78 is 5.30. The first kappa shape index (κ1) is 13.6. The van der Waals surface area contributed by atoms with Gasteiger partial charge in [-0.1, -0.05) is 23.7 Å². The van der Waals surface area contributed by atoms with E-state index in [2.05, 4.69) is 0 Å². The number of carbonyl (C=O) groups is 2. The molecule has 2 rings (SSSR count). The molecule has 5 heteroatoms. The van der Waals surface area contributed by atoms with Crippen molar-refractivity contribution >= 4 is 23.2 Å². The fraction of sp³-hybridized carbons (Fsp3) is 0.286. The van der Waals surface area contributed by atoms with Crippen LogP contribution in [0.25, 0.3) is 0 Å². The Morgan fingerprint density at radius 2 is 1.84 bits per heavy atom. The third-order valence-corrected chi connectivity index (χ3v) is 3.17. The van der Waals surface area contributed by atoms with E-state index in [1.165, 1.54) is 0 Å². The topological polar surface area (TPSA) is 63.6 Å². The van der Waals surface area contributed by atoms with Crippen molar-refractivity contribution in [2.75, 3.05) is 6.61 Å². The molecule has 0 amide bonds. The van der Waals surface area contributed by atoms with E-state index >= 15 is 0 Å². The molecule has 1 aliphatic rings. The fourth-order valence-corrected chi connectivity index (χ4v) is 2.11. The summed E-state index contributed by atoms with van der Waals surface area (Å²) in [5.74, 6) is -0.574. The van der Waals surface area contributed by atoms with Gasteiger partial charge in [-0.3, -0.25) is 9.59 Å². The molecule has 1 N–H and O–H groups in total. The lowest BCUT2D eigenvalue weighted by atomic mass is 9.91. The molecule has 0 heterocycles. The minimum atomic E-state index is -0.324. The molecule has 0 radical (unpaired) electrons. The first-order valence-electron chi connectivity index (χ1n) is 5.95. The SMILES string of the molecule is O=C1CCCC(=O)C1=C(O)COc1ccccc1Cl. The number of hydrogen-bond donors (Lipinski definition) is 1. The minimum absolute atomic E-state index is 0.127. The normalized spacial score (nSPS) is 15.5. The van der Waals surface area contributed by atoms with E-state index in [4.69, 9.17) is 16.3 Å². The highest BCUT2D eigenvalue weighted by atomic mass is 35.5. The number of ether oxygens (including phenoxy) is 1. The van der Waals surface area contributed by atoms with Crippen LogP contribution in [0.4, 0.5) is 0 Å². The molecule has 19 heavy (non-hydrogen) atoms. The lowest BCUT2D eigenvalue weighted by Gasteiger charge is -2.14. The number of carbonyl (C=O) groups excluding carboxylic acids is 2. The molecule has 1 aromatic carbocycles. The average Bonchev–Trinajstić information content (AvgIpc) is 2.37. The van der Waals surface area contributed by atoms with Crippen LogP contribution in [-0.2, 0) is 9.59 Å². The maximum atomic E-state index is 11.6. The van der Waals surface area contributed by atoms with Gasteiger partial charge in [0.1, 0.15) is 23.7 Å². The van der Waals surface area contributed by atoms with E-state index in [-0.39, 0.29) is 42.3 Å². The first-order chi connectivity index (χ1) is 9.09. The van der Waals surface area contributed by atoms with Gasteiger partial charge in [0.25, 0.3) is 0 Å². The number of allylic oxidation sites excluding steroid dienone is 1. The third-order valence-electron chi connectivity index (χ3n) is 2.85.